The third kappa shape index (κ3) is 3.19. The number of aromatic nitrogens is 3. The van der Waals surface area contributed by atoms with Gasteiger partial charge in [0.2, 0.25) is 11.7 Å². The maximum absolute atomic E-state index is 5.32. The fourth-order valence-electron chi connectivity index (χ4n) is 2.28. The van der Waals surface area contributed by atoms with Crippen LogP contribution >= 0.6 is 15.9 Å². The second-order valence-electron chi connectivity index (χ2n) is 4.77. The normalized spacial score (nSPS) is 16.7. The van der Waals surface area contributed by atoms with Crippen molar-refractivity contribution in [2.45, 2.75) is 19.3 Å². The van der Waals surface area contributed by atoms with E-state index in [0.29, 0.717) is 17.6 Å². The van der Waals surface area contributed by atoms with Gasteiger partial charge in [0.15, 0.2) is 0 Å². The zero-order chi connectivity index (χ0) is 13.1. The van der Waals surface area contributed by atoms with E-state index in [1.807, 2.05) is 12.1 Å². The number of rotatable bonds is 3. The SMILES string of the molecule is Brc1ccc(-c2noc(CC3CCNCC3)n2)nc1. The van der Waals surface area contributed by atoms with Crippen molar-refractivity contribution in [1.29, 1.82) is 0 Å². The number of hydrogen-bond acceptors (Lipinski definition) is 5. The Morgan fingerprint density at radius 2 is 2.16 bits per heavy atom. The van der Waals surface area contributed by atoms with Gasteiger partial charge in [-0.25, -0.2) is 0 Å². The van der Waals surface area contributed by atoms with Gasteiger partial charge in [0.25, 0.3) is 0 Å². The molecule has 100 valence electrons. The van der Waals surface area contributed by atoms with Gasteiger partial charge < -0.3 is 9.84 Å². The highest BCUT2D eigenvalue weighted by atomic mass is 79.9. The summed E-state index contributed by atoms with van der Waals surface area (Å²) in [5.41, 5.74) is 0.739. The molecule has 0 radical (unpaired) electrons. The highest BCUT2D eigenvalue weighted by Crippen LogP contribution is 2.20. The number of pyridine rings is 1. The van der Waals surface area contributed by atoms with Gasteiger partial charge in [-0.05, 0) is 59.9 Å². The molecule has 1 aliphatic heterocycles. The summed E-state index contributed by atoms with van der Waals surface area (Å²) in [6.45, 7) is 2.17. The predicted molar refractivity (Wildman–Crippen MR) is 74.5 cm³/mol. The number of hydrogen-bond donors (Lipinski definition) is 1. The first-order valence-electron chi connectivity index (χ1n) is 6.46. The Labute approximate surface area is 119 Å². The molecule has 19 heavy (non-hydrogen) atoms. The summed E-state index contributed by atoms with van der Waals surface area (Å²) >= 11 is 3.36. The topological polar surface area (TPSA) is 63.8 Å². The van der Waals surface area contributed by atoms with Crippen LogP contribution in [0.5, 0.6) is 0 Å². The van der Waals surface area contributed by atoms with E-state index in [2.05, 4.69) is 36.4 Å². The van der Waals surface area contributed by atoms with E-state index in [4.69, 9.17) is 4.52 Å². The summed E-state index contributed by atoms with van der Waals surface area (Å²) in [5, 5.41) is 7.36. The van der Waals surface area contributed by atoms with Crippen molar-refractivity contribution >= 4 is 15.9 Å². The smallest absolute Gasteiger partial charge is 0.227 e. The van der Waals surface area contributed by atoms with E-state index < -0.39 is 0 Å². The second-order valence-corrected chi connectivity index (χ2v) is 5.69. The van der Waals surface area contributed by atoms with Gasteiger partial charge in [0, 0.05) is 17.1 Å². The fraction of sp³-hybridized carbons (Fsp3) is 0.462. The van der Waals surface area contributed by atoms with Gasteiger partial charge >= 0.3 is 0 Å². The molecule has 3 rings (SSSR count). The van der Waals surface area contributed by atoms with Crippen molar-refractivity contribution in [2.24, 2.45) is 5.92 Å². The first-order chi connectivity index (χ1) is 9.31. The van der Waals surface area contributed by atoms with E-state index in [-0.39, 0.29) is 0 Å². The third-order valence-electron chi connectivity index (χ3n) is 3.35. The molecule has 0 unspecified atom stereocenters. The average molecular weight is 323 g/mol. The van der Waals surface area contributed by atoms with Crippen molar-refractivity contribution in [1.82, 2.24) is 20.4 Å². The summed E-state index contributed by atoms with van der Waals surface area (Å²) in [7, 11) is 0. The summed E-state index contributed by atoms with van der Waals surface area (Å²) < 4.78 is 6.26. The highest BCUT2D eigenvalue weighted by molar-refractivity contribution is 9.10. The van der Waals surface area contributed by atoms with Crippen molar-refractivity contribution in [3.8, 4) is 11.5 Å². The molecule has 5 nitrogen and oxygen atoms in total. The van der Waals surface area contributed by atoms with E-state index in [0.717, 1.165) is 29.7 Å². The number of nitrogens with one attached hydrogen (secondary N) is 1. The van der Waals surface area contributed by atoms with E-state index in [9.17, 15) is 0 Å². The van der Waals surface area contributed by atoms with E-state index >= 15 is 0 Å². The van der Waals surface area contributed by atoms with E-state index in [1.165, 1.54) is 12.8 Å². The Balaban J connectivity index is 1.70. The van der Waals surface area contributed by atoms with Crippen molar-refractivity contribution in [3.63, 3.8) is 0 Å². The molecule has 0 bridgehead atoms. The molecule has 0 aromatic carbocycles. The van der Waals surface area contributed by atoms with Crippen LogP contribution in [-0.4, -0.2) is 28.2 Å². The Morgan fingerprint density at radius 1 is 1.32 bits per heavy atom. The average Bonchev–Trinajstić information content (AvgIpc) is 2.89. The predicted octanol–water partition coefficient (Wildman–Crippen LogP) is 2.44. The zero-order valence-corrected chi connectivity index (χ0v) is 12.1. The zero-order valence-electron chi connectivity index (χ0n) is 10.5. The van der Waals surface area contributed by atoms with Crippen molar-refractivity contribution in [2.75, 3.05) is 13.1 Å². The van der Waals surface area contributed by atoms with Crippen molar-refractivity contribution in [3.05, 3.63) is 28.7 Å². The molecule has 0 atom stereocenters. The van der Waals surface area contributed by atoms with Crippen LogP contribution < -0.4 is 5.32 Å². The molecule has 6 heteroatoms. The molecular formula is C13H15BrN4O. The molecule has 2 aromatic rings. The summed E-state index contributed by atoms with van der Waals surface area (Å²) in [4.78, 5) is 8.70. The van der Waals surface area contributed by atoms with Gasteiger partial charge in [-0.15, -0.1) is 0 Å². The molecule has 0 amide bonds. The summed E-state index contributed by atoms with van der Waals surface area (Å²) in [6.07, 6.45) is 4.95. The molecule has 0 saturated carbocycles. The number of halogens is 1. The minimum absolute atomic E-state index is 0.566. The lowest BCUT2D eigenvalue weighted by Crippen LogP contribution is -2.28. The van der Waals surface area contributed by atoms with Crippen LogP contribution in [0, 0.1) is 5.92 Å². The van der Waals surface area contributed by atoms with Crippen LogP contribution in [0.3, 0.4) is 0 Å². The monoisotopic (exact) mass is 322 g/mol. The minimum Gasteiger partial charge on any atom is -0.339 e. The molecule has 1 saturated heterocycles. The maximum Gasteiger partial charge on any atom is 0.227 e. The number of nitrogens with zero attached hydrogens (tertiary/aromatic N) is 3. The van der Waals surface area contributed by atoms with Crippen LogP contribution in [0.15, 0.2) is 27.3 Å². The van der Waals surface area contributed by atoms with Crippen LogP contribution in [0.4, 0.5) is 0 Å². The third-order valence-corrected chi connectivity index (χ3v) is 3.82. The van der Waals surface area contributed by atoms with Gasteiger partial charge in [0.05, 0.1) is 0 Å². The van der Waals surface area contributed by atoms with Crippen molar-refractivity contribution < 1.29 is 4.52 Å². The van der Waals surface area contributed by atoms with Crippen LogP contribution in [0.1, 0.15) is 18.7 Å². The quantitative estimate of drug-likeness (QED) is 0.940. The van der Waals surface area contributed by atoms with Gasteiger partial charge in [0.1, 0.15) is 5.69 Å². The lowest BCUT2D eigenvalue weighted by atomic mass is 9.95. The lowest BCUT2D eigenvalue weighted by Gasteiger charge is -2.20. The van der Waals surface area contributed by atoms with Gasteiger partial charge in [-0.2, -0.15) is 4.98 Å². The van der Waals surface area contributed by atoms with Gasteiger partial charge in [-0.3, -0.25) is 4.98 Å². The van der Waals surface area contributed by atoms with Gasteiger partial charge in [-0.1, -0.05) is 5.16 Å². The maximum atomic E-state index is 5.32. The molecule has 1 aliphatic rings. The Hall–Kier alpha value is -1.27. The van der Waals surface area contributed by atoms with Crippen LogP contribution in [0.2, 0.25) is 0 Å². The molecule has 0 spiro atoms. The second kappa shape index (κ2) is 5.79. The molecule has 2 aromatic heterocycles. The van der Waals surface area contributed by atoms with Crippen LogP contribution in [0.25, 0.3) is 11.5 Å². The molecule has 3 heterocycles. The Bertz CT molecular complexity index is 534. The first kappa shape index (κ1) is 12.7. The molecular weight excluding hydrogens is 308 g/mol. The minimum atomic E-state index is 0.566. The largest absolute Gasteiger partial charge is 0.339 e. The summed E-state index contributed by atoms with van der Waals surface area (Å²) in [6, 6.07) is 3.80. The highest BCUT2D eigenvalue weighted by Gasteiger charge is 2.17. The van der Waals surface area contributed by atoms with E-state index in [1.54, 1.807) is 6.20 Å². The molecule has 1 fully saturated rings. The van der Waals surface area contributed by atoms with Crippen LogP contribution in [-0.2, 0) is 6.42 Å². The fourth-order valence-corrected chi connectivity index (χ4v) is 2.52. The molecule has 1 N–H and O–H groups in total. The Kier molecular flexibility index (Phi) is 3.89. The lowest BCUT2D eigenvalue weighted by molar-refractivity contribution is 0.313. The Morgan fingerprint density at radius 3 is 2.89 bits per heavy atom. The number of piperidine rings is 1. The standard InChI is InChI=1S/C13H15BrN4O/c14-10-1-2-11(16-8-10)13-17-12(19-18-13)7-9-3-5-15-6-4-9/h1-2,8-9,15H,3-7H2. The first-order valence-corrected chi connectivity index (χ1v) is 7.26. The summed E-state index contributed by atoms with van der Waals surface area (Å²) in [5.74, 6) is 1.93. The molecule has 0 aliphatic carbocycles.